The van der Waals surface area contributed by atoms with Gasteiger partial charge in [0.25, 0.3) is 0 Å². The third kappa shape index (κ3) is 4.41. The average molecular weight is 331 g/mol. The molecule has 1 heterocycles. The van der Waals surface area contributed by atoms with Crippen LogP contribution in [0.15, 0.2) is 60.7 Å². The highest BCUT2D eigenvalue weighted by molar-refractivity contribution is 7.88. The van der Waals surface area contributed by atoms with Gasteiger partial charge in [-0.3, -0.25) is 0 Å². The van der Waals surface area contributed by atoms with Gasteiger partial charge in [0.15, 0.2) is 0 Å². The van der Waals surface area contributed by atoms with Gasteiger partial charge in [0.05, 0.1) is 18.5 Å². The zero-order chi connectivity index (χ0) is 16.1. The van der Waals surface area contributed by atoms with Crippen molar-refractivity contribution in [2.24, 2.45) is 0 Å². The molecule has 2 aromatic rings. The van der Waals surface area contributed by atoms with Crippen molar-refractivity contribution >= 4 is 10.0 Å². The maximum Gasteiger partial charge on any atom is 0.218 e. The maximum absolute atomic E-state index is 12.6. The molecule has 1 atom stereocenters. The van der Waals surface area contributed by atoms with Crippen molar-refractivity contribution in [1.29, 1.82) is 0 Å². The van der Waals surface area contributed by atoms with Gasteiger partial charge in [0.1, 0.15) is 0 Å². The van der Waals surface area contributed by atoms with Gasteiger partial charge in [0.2, 0.25) is 10.0 Å². The van der Waals surface area contributed by atoms with Crippen LogP contribution in [0, 0.1) is 0 Å². The minimum Gasteiger partial charge on any atom is -0.375 e. The summed E-state index contributed by atoms with van der Waals surface area (Å²) >= 11 is 0. The molecule has 1 fully saturated rings. The predicted molar refractivity (Wildman–Crippen MR) is 90.5 cm³/mol. The highest BCUT2D eigenvalue weighted by Crippen LogP contribution is 2.17. The molecule has 0 N–H and O–H groups in total. The van der Waals surface area contributed by atoms with Crippen LogP contribution in [-0.4, -0.2) is 38.5 Å². The quantitative estimate of drug-likeness (QED) is 0.845. The third-order valence-corrected chi connectivity index (χ3v) is 5.81. The molecule has 0 spiro atoms. The van der Waals surface area contributed by atoms with Crippen LogP contribution >= 0.6 is 0 Å². The standard InChI is InChI=1S/C18H21NO3S/c20-23(21,15-17-9-5-2-6-10-17)19-11-12-22-18(14-19)13-16-7-3-1-4-8-16/h1-10,18H,11-15H2/t18-/m0/s1. The lowest BCUT2D eigenvalue weighted by Gasteiger charge is -2.32. The van der Waals surface area contributed by atoms with E-state index in [9.17, 15) is 8.42 Å². The van der Waals surface area contributed by atoms with Crippen LogP contribution < -0.4 is 0 Å². The van der Waals surface area contributed by atoms with E-state index in [1.54, 1.807) is 4.31 Å². The summed E-state index contributed by atoms with van der Waals surface area (Å²) in [5.74, 6) is 0.0475. The van der Waals surface area contributed by atoms with Crippen LogP contribution in [0.3, 0.4) is 0 Å². The number of benzene rings is 2. The van der Waals surface area contributed by atoms with Crippen LogP contribution in [0.25, 0.3) is 0 Å². The summed E-state index contributed by atoms with van der Waals surface area (Å²) in [6.07, 6.45) is 0.648. The Morgan fingerprint density at radius 3 is 2.22 bits per heavy atom. The summed E-state index contributed by atoms with van der Waals surface area (Å²) in [5.41, 5.74) is 1.98. The molecule has 3 rings (SSSR count). The first-order valence-electron chi connectivity index (χ1n) is 7.81. The van der Waals surface area contributed by atoms with E-state index in [1.165, 1.54) is 5.56 Å². The fourth-order valence-electron chi connectivity index (χ4n) is 2.82. The molecule has 0 amide bonds. The Morgan fingerprint density at radius 2 is 1.57 bits per heavy atom. The number of rotatable bonds is 5. The fourth-order valence-corrected chi connectivity index (χ4v) is 4.36. The molecule has 0 radical (unpaired) electrons. The van der Waals surface area contributed by atoms with Crippen LogP contribution in [-0.2, 0) is 26.9 Å². The first-order valence-corrected chi connectivity index (χ1v) is 9.42. The molecule has 1 aliphatic heterocycles. The van der Waals surface area contributed by atoms with Gasteiger partial charge in [0, 0.05) is 13.1 Å². The number of nitrogens with zero attached hydrogens (tertiary/aromatic N) is 1. The van der Waals surface area contributed by atoms with Gasteiger partial charge in [-0.1, -0.05) is 60.7 Å². The first-order chi connectivity index (χ1) is 11.1. The summed E-state index contributed by atoms with van der Waals surface area (Å²) in [7, 11) is -3.31. The summed E-state index contributed by atoms with van der Waals surface area (Å²) in [6.45, 7) is 1.30. The fraction of sp³-hybridized carbons (Fsp3) is 0.333. The molecule has 122 valence electrons. The van der Waals surface area contributed by atoms with Gasteiger partial charge < -0.3 is 4.74 Å². The molecule has 1 saturated heterocycles. The lowest BCUT2D eigenvalue weighted by molar-refractivity contribution is -0.000542. The van der Waals surface area contributed by atoms with E-state index in [4.69, 9.17) is 4.74 Å². The molecule has 4 nitrogen and oxygen atoms in total. The van der Waals surface area contributed by atoms with Crippen molar-refractivity contribution in [3.05, 3.63) is 71.8 Å². The number of ether oxygens (including phenoxy) is 1. The van der Waals surface area contributed by atoms with Crippen LogP contribution in [0.1, 0.15) is 11.1 Å². The number of hydrogen-bond acceptors (Lipinski definition) is 3. The Bertz CT molecular complexity index is 716. The van der Waals surface area contributed by atoms with Gasteiger partial charge in [-0.25, -0.2) is 8.42 Å². The normalized spacial score (nSPS) is 19.6. The highest BCUT2D eigenvalue weighted by atomic mass is 32.2. The summed E-state index contributed by atoms with van der Waals surface area (Å²) in [6, 6.07) is 19.3. The van der Waals surface area contributed by atoms with Gasteiger partial charge in [-0.2, -0.15) is 4.31 Å². The molecule has 0 aromatic heterocycles. The highest BCUT2D eigenvalue weighted by Gasteiger charge is 2.29. The Hall–Kier alpha value is -1.69. The van der Waals surface area contributed by atoms with Crippen molar-refractivity contribution in [3.8, 4) is 0 Å². The van der Waals surface area contributed by atoms with Crippen molar-refractivity contribution in [2.75, 3.05) is 19.7 Å². The topological polar surface area (TPSA) is 46.6 Å². The van der Waals surface area contributed by atoms with E-state index < -0.39 is 10.0 Å². The molecule has 2 aromatic carbocycles. The zero-order valence-electron chi connectivity index (χ0n) is 13.0. The van der Waals surface area contributed by atoms with E-state index in [-0.39, 0.29) is 11.9 Å². The second-order valence-electron chi connectivity index (χ2n) is 5.78. The molecule has 0 bridgehead atoms. The van der Waals surface area contributed by atoms with Crippen molar-refractivity contribution in [1.82, 2.24) is 4.31 Å². The van der Waals surface area contributed by atoms with E-state index >= 15 is 0 Å². The third-order valence-electron chi connectivity index (χ3n) is 3.99. The Morgan fingerprint density at radius 1 is 0.957 bits per heavy atom. The van der Waals surface area contributed by atoms with E-state index in [0.29, 0.717) is 19.7 Å². The summed E-state index contributed by atoms with van der Waals surface area (Å²) < 4.78 is 32.6. The maximum atomic E-state index is 12.6. The monoisotopic (exact) mass is 331 g/mol. The minimum absolute atomic E-state index is 0.0475. The lowest BCUT2D eigenvalue weighted by Crippen LogP contribution is -2.46. The van der Waals surface area contributed by atoms with E-state index in [2.05, 4.69) is 0 Å². The smallest absolute Gasteiger partial charge is 0.218 e. The van der Waals surface area contributed by atoms with Gasteiger partial charge >= 0.3 is 0 Å². The summed E-state index contributed by atoms with van der Waals surface area (Å²) in [5, 5.41) is 0. The van der Waals surface area contributed by atoms with Crippen molar-refractivity contribution < 1.29 is 13.2 Å². The minimum atomic E-state index is -3.31. The average Bonchev–Trinajstić information content (AvgIpc) is 2.57. The van der Waals surface area contributed by atoms with Crippen LogP contribution in [0.5, 0.6) is 0 Å². The predicted octanol–water partition coefficient (Wildman–Crippen LogP) is 2.46. The molecular formula is C18H21NO3S. The molecule has 5 heteroatoms. The molecule has 1 aliphatic rings. The van der Waals surface area contributed by atoms with Gasteiger partial charge in [-0.15, -0.1) is 0 Å². The first kappa shape index (κ1) is 16.2. The molecule has 0 aliphatic carbocycles. The van der Waals surface area contributed by atoms with E-state index in [0.717, 1.165) is 12.0 Å². The molecule has 23 heavy (non-hydrogen) atoms. The van der Waals surface area contributed by atoms with Crippen molar-refractivity contribution in [2.45, 2.75) is 18.3 Å². The second kappa shape index (κ2) is 7.25. The molecule has 0 unspecified atom stereocenters. The Balaban J connectivity index is 1.65. The van der Waals surface area contributed by atoms with E-state index in [1.807, 2.05) is 60.7 Å². The summed E-state index contributed by atoms with van der Waals surface area (Å²) in [4.78, 5) is 0. The lowest BCUT2D eigenvalue weighted by atomic mass is 10.1. The number of hydrogen-bond donors (Lipinski definition) is 0. The van der Waals surface area contributed by atoms with Crippen molar-refractivity contribution in [3.63, 3.8) is 0 Å². The molecular weight excluding hydrogens is 310 g/mol. The zero-order valence-corrected chi connectivity index (χ0v) is 13.8. The number of sulfonamides is 1. The van der Waals surface area contributed by atoms with Gasteiger partial charge in [-0.05, 0) is 17.5 Å². The van der Waals surface area contributed by atoms with Crippen LogP contribution in [0.4, 0.5) is 0 Å². The Kier molecular flexibility index (Phi) is 5.10. The van der Waals surface area contributed by atoms with Crippen LogP contribution in [0.2, 0.25) is 0 Å². The largest absolute Gasteiger partial charge is 0.375 e. The SMILES string of the molecule is O=S(=O)(Cc1ccccc1)N1CCO[C@@H](Cc2ccccc2)C1. The molecule has 0 saturated carbocycles. The number of morpholine rings is 1. The second-order valence-corrected chi connectivity index (χ2v) is 7.75. The Labute approximate surface area is 137 Å².